The van der Waals surface area contributed by atoms with Gasteiger partial charge in [-0.05, 0) is 41.5 Å². The van der Waals surface area contributed by atoms with E-state index in [1.807, 2.05) is 0 Å². The second-order valence-corrected chi connectivity index (χ2v) is 9.13. The van der Waals surface area contributed by atoms with Gasteiger partial charge in [-0.15, -0.1) is 0 Å². The number of carbonyl (C=O) groups excluding carboxylic acids is 8. The molecule has 0 aliphatic carbocycles. The number of ether oxygens (including phenoxy) is 6. The highest BCUT2D eigenvalue weighted by molar-refractivity contribution is 6.05. The fraction of sp³-hybridized carbons (Fsp3) is 0.640. The van der Waals surface area contributed by atoms with E-state index in [0.717, 1.165) is 44.4 Å². The molecule has 0 aromatic heterocycles. The van der Waals surface area contributed by atoms with Crippen molar-refractivity contribution in [3.63, 3.8) is 0 Å². The number of carbonyl (C=O) groups is 8. The number of guanidine groups is 1. The second-order valence-electron chi connectivity index (χ2n) is 9.13. The SMILES string of the molecule is CC(=O)O[C@@H](C)C(=O)O[C@@H](C)C(=O)O[C@@H](C)C(=O)O[C@@H](C)C(=O)O[C@@H](C)C(=O)O[C@@H](C)C(=O)N1CCN(C(C)=O)C1=N. The average molecular weight is 602 g/mol. The first-order valence-corrected chi connectivity index (χ1v) is 12.7. The van der Waals surface area contributed by atoms with E-state index in [4.69, 9.17) is 29.1 Å². The Labute approximate surface area is 241 Å². The van der Waals surface area contributed by atoms with Gasteiger partial charge in [-0.2, -0.15) is 0 Å². The van der Waals surface area contributed by atoms with E-state index in [1.165, 1.54) is 20.8 Å². The third-order valence-corrected chi connectivity index (χ3v) is 5.52. The minimum absolute atomic E-state index is 0.0413. The molecule has 0 spiro atoms. The molecule has 0 radical (unpaired) electrons. The Balaban J connectivity index is 2.56. The molecule has 0 aromatic carbocycles. The molecular weight excluding hydrogens is 566 g/mol. The van der Waals surface area contributed by atoms with Gasteiger partial charge >= 0.3 is 35.8 Å². The van der Waals surface area contributed by atoms with Crippen molar-refractivity contribution in [3.05, 3.63) is 0 Å². The highest BCUT2D eigenvalue weighted by atomic mass is 16.6. The smallest absolute Gasteiger partial charge is 0.347 e. The van der Waals surface area contributed by atoms with Crippen LogP contribution in [-0.4, -0.2) is 113 Å². The van der Waals surface area contributed by atoms with Crippen LogP contribution in [-0.2, 0) is 66.8 Å². The molecule has 1 heterocycles. The largest absolute Gasteiger partial charge is 0.451 e. The van der Waals surface area contributed by atoms with Crippen LogP contribution < -0.4 is 0 Å². The van der Waals surface area contributed by atoms with Crippen LogP contribution in [0.3, 0.4) is 0 Å². The Kier molecular flexibility index (Phi) is 13.0. The minimum Gasteiger partial charge on any atom is -0.451 e. The Bertz CT molecular complexity index is 1120. The molecule has 2 amide bonds. The summed E-state index contributed by atoms with van der Waals surface area (Å²) < 4.78 is 29.2. The summed E-state index contributed by atoms with van der Waals surface area (Å²) in [6, 6.07) is 0. The highest BCUT2D eigenvalue weighted by Crippen LogP contribution is 2.13. The van der Waals surface area contributed by atoms with Crippen LogP contribution in [0.1, 0.15) is 55.4 Å². The minimum atomic E-state index is -1.56. The summed E-state index contributed by atoms with van der Waals surface area (Å²) in [6.07, 6.45) is -8.76. The summed E-state index contributed by atoms with van der Waals surface area (Å²) in [4.78, 5) is 98.0. The zero-order valence-corrected chi connectivity index (χ0v) is 24.5. The van der Waals surface area contributed by atoms with E-state index in [1.54, 1.807) is 0 Å². The van der Waals surface area contributed by atoms with Crippen molar-refractivity contribution >= 4 is 53.6 Å². The molecule has 234 valence electrons. The fourth-order valence-electron chi connectivity index (χ4n) is 3.19. The van der Waals surface area contributed by atoms with Gasteiger partial charge in [0.25, 0.3) is 5.91 Å². The average Bonchev–Trinajstić information content (AvgIpc) is 3.28. The number of hydrogen-bond acceptors (Lipinski definition) is 15. The van der Waals surface area contributed by atoms with Gasteiger partial charge in [0.05, 0.1) is 0 Å². The second kappa shape index (κ2) is 15.4. The van der Waals surface area contributed by atoms with Crippen molar-refractivity contribution in [1.29, 1.82) is 5.41 Å². The number of hydrogen-bond donors (Lipinski definition) is 1. The van der Waals surface area contributed by atoms with Crippen molar-refractivity contribution in [2.45, 2.75) is 92.0 Å². The molecule has 1 rings (SSSR count). The number of esters is 6. The Morgan fingerprint density at radius 3 is 1.10 bits per heavy atom. The van der Waals surface area contributed by atoms with Crippen molar-refractivity contribution in [2.75, 3.05) is 13.1 Å². The van der Waals surface area contributed by atoms with Crippen LogP contribution in [0, 0.1) is 5.41 Å². The van der Waals surface area contributed by atoms with Gasteiger partial charge in [0.2, 0.25) is 11.9 Å². The van der Waals surface area contributed by atoms with Crippen LogP contribution in [0.2, 0.25) is 0 Å². The first-order valence-electron chi connectivity index (χ1n) is 12.7. The molecule has 0 saturated carbocycles. The predicted octanol–water partition coefficient (Wildman–Crippen LogP) is -0.778. The zero-order chi connectivity index (χ0) is 32.5. The van der Waals surface area contributed by atoms with Crippen LogP contribution in [0.15, 0.2) is 0 Å². The number of nitrogens with one attached hydrogen (secondary N) is 1. The van der Waals surface area contributed by atoms with E-state index in [9.17, 15) is 38.4 Å². The lowest BCUT2D eigenvalue weighted by molar-refractivity contribution is -0.187. The highest BCUT2D eigenvalue weighted by Gasteiger charge is 2.37. The van der Waals surface area contributed by atoms with Gasteiger partial charge in [0.1, 0.15) is 0 Å². The predicted molar refractivity (Wildman–Crippen MR) is 136 cm³/mol. The molecule has 1 saturated heterocycles. The van der Waals surface area contributed by atoms with Crippen LogP contribution in [0.5, 0.6) is 0 Å². The van der Waals surface area contributed by atoms with E-state index in [2.05, 4.69) is 4.74 Å². The zero-order valence-electron chi connectivity index (χ0n) is 24.5. The van der Waals surface area contributed by atoms with Crippen molar-refractivity contribution in [1.82, 2.24) is 9.80 Å². The van der Waals surface area contributed by atoms with Crippen molar-refractivity contribution < 1.29 is 66.8 Å². The number of amides is 2. The maximum atomic E-state index is 12.6. The molecule has 17 nitrogen and oxygen atoms in total. The normalized spacial score (nSPS) is 17.0. The topological polar surface area (TPSA) is 222 Å². The van der Waals surface area contributed by atoms with Crippen LogP contribution in [0.4, 0.5) is 0 Å². The fourth-order valence-corrected chi connectivity index (χ4v) is 3.19. The third kappa shape index (κ3) is 10.1. The first-order chi connectivity index (χ1) is 19.4. The summed E-state index contributed by atoms with van der Waals surface area (Å²) in [5.74, 6) is -7.86. The molecule has 17 heteroatoms. The van der Waals surface area contributed by atoms with Gasteiger partial charge in [-0.1, -0.05) is 0 Å². The van der Waals surface area contributed by atoms with Crippen molar-refractivity contribution in [2.24, 2.45) is 0 Å². The molecule has 1 N–H and O–H groups in total. The Hall–Kier alpha value is -4.57. The Morgan fingerprint density at radius 2 is 0.810 bits per heavy atom. The maximum Gasteiger partial charge on any atom is 0.347 e. The van der Waals surface area contributed by atoms with Gasteiger partial charge in [0.15, 0.2) is 36.6 Å². The molecule has 42 heavy (non-hydrogen) atoms. The van der Waals surface area contributed by atoms with Gasteiger partial charge in [-0.25, -0.2) is 24.0 Å². The van der Waals surface area contributed by atoms with Crippen LogP contribution in [0.25, 0.3) is 0 Å². The molecule has 0 aromatic rings. The third-order valence-electron chi connectivity index (χ3n) is 5.52. The summed E-state index contributed by atoms with van der Waals surface area (Å²) in [7, 11) is 0. The quantitative estimate of drug-likeness (QED) is 0.214. The maximum absolute atomic E-state index is 12.6. The van der Waals surface area contributed by atoms with E-state index in [-0.39, 0.29) is 19.0 Å². The van der Waals surface area contributed by atoms with E-state index < -0.39 is 84.3 Å². The Morgan fingerprint density at radius 1 is 0.524 bits per heavy atom. The molecule has 0 unspecified atom stereocenters. The lowest BCUT2D eigenvalue weighted by Gasteiger charge is -2.23. The van der Waals surface area contributed by atoms with Gasteiger partial charge in [-0.3, -0.25) is 29.6 Å². The summed E-state index contributed by atoms with van der Waals surface area (Å²) in [5.41, 5.74) is 0. The van der Waals surface area contributed by atoms with E-state index in [0.29, 0.717) is 0 Å². The lowest BCUT2D eigenvalue weighted by atomic mass is 10.3. The standard InChI is InChI=1S/C25H35N3O14/c1-11(19(31)28-10-9-27(17(7)29)25(28)26)38-21(33)13(3)40-23(35)15(5)42-24(36)16(6)41-22(34)14(4)39-20(32)12(2)37-18(8)30/h11-16,26H,9-10H2,1-8H3/t11-,12-,13-,14-,15-,16-/m0/s1. The van der Waals surface area contributed by atoms with Crippen molar-refractivity contribution in [3.8, 4) is 0 Å². The summed E-state index contributed by atoms with van der Waals surface area (Å²) in [6.45, 7) is 9.51. The number of nitrogens with zero attached hydrogens (tertiary/aromatic N) is 2. The summed E-state index contributed by atoms with van der Waals surface area (Å²) in [5, 5.41) is 7.93. The van der Waals surface area contributed by atoms with Crippen LogP contribution >= 0.6 is 0 Å². The molecule has 1 aliphatic heterocycles. The summed E-state index contributed by atoms with van der Waals surface area (Å²) >= 11 is 0. The molecular formula is C25H35N3O14. The molecule has 0 bridgehead atoms. The van der Waals surface area contributed by atoms with Gasteiger partial charge < -0.3 is 28.4 Å². The van der Waals surface area contributed by atoms with Gasteiger partial charge in [0, 0.05) is 26.9 Å². The van der Waals surface area contributed by atoms with E-state index >= 15 is 0 Å². The lowest BCUT2D eigenvalue weighted by Crippen LogP contribution is -2.45. The molecule has 6 atom stereocenters. The molecule has 1 fully saturated rings. The first kappa shape index (κ1) is 35.5. The monoisotopic (exact) mass is 601 g/mol. The molecule has 1 aliphatic rings. The number of rotatable bonds is 12.